The van der Waals surface area contributed by atoms with Gasteiger partial charge < -0.3 is 0 Å². The minimum atomic E-state index is 0.0212. The average molecular weight is 394 g/mol. The second kappa shape index (κ2) is 6.24. The molecule has 0 bridgehead atoms. The maximum Gasteiger partial charge on any atom is 0.264 e. The van der Waals surface area contributed by atoms with Crippen molar-refractivity contribution in [3.05, 3.63) is 56.7 Å². The number of rotatable bonds is 2. The molecule has 144 valence electrons. The standard InChI is InChI=1S/C21H23N5OS/c1-21(2,3)14-9-10-15-16(11-14)28-19-17(15)18(27)25(20-22-23-24-26(19)20)12-13-7-5-4-6-8-13/h4-8,14H,9-12H2,1-3H3/t14-/m0/s1. The minimum Gasteiger partial charge on any atom is -0.270 e. The third-order valence-electron chi connectivity index (χ3n) is 6.00. The van der Waals surface area contributed by atoms with E-state index in [1.807, 2.05) is 30.3 Å². The number of tetrazole rings is 1. The first-order valence-corrected chi connectivity index (χ1v) is 10.5. The highest BCUT2D eigenvalue weighted by atomic mass is 32.1. The third-order valence-corrected chi connectivity index (χ3v) is 7.23. The molecule has 1 aromatic carbocycles. The summed E-state index contributed by atoms with van der Waals surface area (Å²) in [5, 5.41) is 13.0. The van der Waals surface area contributed by atoms with Crippen LogP contribution in [0.15, 0.2) is 35.1 Å². The van der Waals surface area contributed by atoms with E-state index in [1.54, 1.807) is 20.4 Å². The molecule has 0 amide bonds. The Hall–Kier alpha value is -2.54. The van der Waals surface area contributed by atoms with Crippen molar-refractivity contribution in [3.63, 3.8) is 0 Å². The second-order valence-electron chi connectivity index (χ2n) is 8.76. The Morgan fingerprint density at radius 1 is 1.21 bits per heavy atom. The highest BCUT2D eigenvalue weighted by Crippen LogP contribution is 2.42. The Morgan fingerprint density at radius 2 is 2.00 bits per heavy atom. The zero-order valence-corrected chi connectivity index (χ0v) is 17.2. The van der Waals surface area contributed by atoms with Crippen molar-refractivity contribution in [2.75, 3.05) is 0 Å². The number of aromatic nitrogens is 5. The highest BCUT2D eigenvalue weighted by Gasteiger charge is 2.32. The molecule has 3 heterocycles. The Bertz CT molecular complexity index is 1230. The SMILES string of the molecule is CC(C)(C)[C@H]1CCc2c(sc3c2c(=O)n(Cc2ccccc2)c2nnnn32)C1. The molecule has 5 rings (SSSR count). The molecule has 3 aromatic heterocycles. The fourth-order valence-electron chi connectivity index (χ4n) is 4.30. The van der Waals surface area contributed by atoms with Gasteiger partial charge in [-0.3, -0.25) is 9.36 Å². The van der Waals surface area contributed by atoms with Gasteiger partial charge in [0.15, 0.2) is 0 Å². The van der Waals surface area contributed by atoms with Gasteiger partial charge in [0.2, 0.25) is 0 Å². The topological polar surface area (TPSA) is 65.1 Å². The zero-order valence-electron chi connectivity index (χ0n) is 16.3. The van der Waals surface area contributed by atoms with Crippen molar-refractivity contribution < 1.29 is 0 Å². The number of fused-ring (bicyclic) bond motifs is 5. The number of hydrogen-bond acceptors (Lipinski definition) is 5. The lowest BCUT2D eigenvalue weighted by atomic mass is 9.72. The molecule has 1 atom stereocenters. The Labute approximate surface area is 166 Å². The largest absolute Gasteiger partial charge is 0.270 e. The maximum absolute atomic E-state index is 13.5. The van der Waals surface area contributed by atoms with E-state index in [-0.39, 0.29) is 11.0 Å². The first-order valence-electron chi connectivity index (χ1n) is 9.72. The monoisotopic (exact) mass is 393 g/mol. The summed E-state index contributed by atoms with van der Waals surface area (Å²) >= 11 is 1.69. The normalized spacial score (nSPS) is 17.3. The first-order chi connectivity index (χ1) is 13.4. The summed E-state index contributed by atoms with van der Waals surface area (Å²) in [4.78, 5) is 15.7. The van der Waals surface area contributed by atoms with Gasteiger partial charge in [-0.05, 0) is 52.1 Å². The second-order valence-corrected chi connectivity index (χ2v) is 9.84. The molecule has 0 radical (unpaired) electrons. The molecular formula is C21H23N5OS. The Balaban J connectivity index is 1.72. The molecule has 0 spiro atoms. The van der Waals surface area contributed by atoms with Crippen molar-refractivity contribution in [1.29, 1.82) is 0 Å². The van der Waals surface area contributed by atoms with E-state index in [4.69, 9.17) is 0 Å². The number of hydrogen-bond donors (Lipinski definition) is 0. The van der Waals surface area contributed by atoms with Gasteiger partial charge in [-0.15, -0.1) is 11.3 Å². The highest BCUT2D eigenvalue weighted by molar-refractivity contribution is 7.18. The lowest BCUT2D eigenvalue weighted by molar-refractivity contribution is 0.218. The third kappa shape index (κ3) is 2.68. The van der Waals surface area contributed by atoms with Gasteiger partial charge >= 0.3 is 0 Å². The molecule has 1 aliphatic carbocycles. The predicted octanol–water partition coefficient (Wildman–Crippen LogP) is 3.70. The summed E-state index contributed by atoms with van der Waals surface area (Å²) in [7, 11) is 0. The summed E-state index contributed by atoms with van der Waals surface area (Å²) < 4.78 is 3.45. The summed E-state index contributed by atoms with van der Waals surface area (Å²) in [6, 6.07) is 9.99. The molecule has 4 aromatic rings. The molecular weight excluding hydrogens is 370 g/mol. The minimum absolute atomic E-state index is 0.0212. The van der Waals surface area contributed by atoms with Crippen LogP contribution in [-0.4, -0.2) is 24.6 Å². The number of nitrogens with zero attached hydrogens (tertiary/aromatic N) is 5. The lowest BCUT2D eigenvalue weighted by Crippen LogP contribution is -2.27. The number of aryl methyl sites for hydroxylation is 1. The predicted molar refractivity (Wildman–Crippen MR) is 111 cm³/mol. The fraction of sp³-hybridized carbons (Fsp3) is 0.429. The van der Waals surface area contributed by atoms with Crippen LogP contribution >= 0.6 is 11.3 Å². The quantitative estimate of drug-likeness (QED) is 0.521. The van der Waals surface area contributed by atoms with Crippen LogP contribution in [0, 0.1) is 11.3 Å². The maximum atomic E-state index is 13.5. The molecule has 7 heteroatoms. The van der Waals surface area contributed by atoms with E-state index in [1.165, 1.54) is 10.4 Å². The molecule has 0 unspecified atom stereocenters. The van der Waals surface area contributed by atoms with E-state index >= 15 is 0 Å². The van der Waals surface area contributed by atoms with Crippen molar-refractivity contribution in [2.24, 2.45) is 11.3 Å². The van der Waals surface area contributed by atoms with E-state index < -0.39 is 0 Å². The summed E-state index contributed by atoms with van der Waals surface area (Å²) in [5.74, 6) is 1.14. The molecule has 0 saturated heterocycles. The summed E-state index contributed by atoms with van der Waals surface area (Å²) in [6.45, 7) is 7.39. The molecule has 0 N–H and O–H groups in total. The molecule has 1 aliphatic rings. The molecule has 0 saturated carbocycles. The van der Waals surface area contributed by atoms with E-state index in [9.17, 15) is 4.79 Å². The van der Waals surface area contributed by atoms with Crippen LogP contribution in [0.1, 0.15) is 43.2 Å². The van der Waals surface area contributed by atoms with E-state index in [2.05, 4.69) is 36.3 Å². The molecule has 6 nitrogen and oxygen atoms in total. The smallest absolute Gasteiger partial charge is 0.264 e. The number of thiophene rings is 1. The van der Waals surface area contributed by atoms with Crippen LogP contribution in [0.2, 0.25) is 0 Å². The van der Waals surface area contributed by atoms with Gasteiger partial charge in [0.25, 0.3) is 11.3 Å². The van der Waals surface area contributed by atoms with E-state index in [0.717, 1.165) is 35.0 Å². The van der Waals surface area contributed by atoms with Gasteiger partial charge in [0.1, 0.15) is 4.83 Å². The van der Waals surface area contributed by atoms with Gasteiger partial charge in [0.05, 0.1) is 11.9 Å². The zero-order chi connectivity index (χ0) is 19.5. The van der Waals surface area contributed by atoms with Crippen molar-refractivity contribution >= 4 is 27.3 Å². The van der Waals surface area contributed by atoms with Crippen molar-refractivity contribution in [2.45, 2.75) is 46.6 Å². The van der Waals surface area contributed by atoms with Gasteiger partial charge in [-0.25, -0.2) is 0 Å². The van der Waals surface area contributed by atoms with Crippen molar-refractivity contribution in [3.8, 4) is 0 Å². The average Bonchev–Trinajstić information content (AvgIpc) is 3.29. The fourth-order valence-corrected chi connectivity index (χ4v) is 5.66. The van der Waals surface area contributed by atoms with Crippen LogP contribution in [0.25, 0.3) is 16.0 Å². The molecule has 0 aliphatic heterocycles. The summed E-state index contributed by atoms with van der Waals surface area (Å²) in [6.07, 6.45) is 3.10. The van der Waals surface area contributed by atoms with Crippen LogP contribution < -0.4 is 5.56 Å². The summed E-state index contributed by atoms with van der Waals surface area (Å²) in [5.41, 5.74) is 2.56. The van der Waals surface area contributed by atoms with Crippen LogP contribution in [-0.2, 0) is 19.4 Å². The Kier molecular flexibility index (Phi) is 3.91. The first kappa shape index (κ1) is 17.6. The van der Waals surface area contributed by atoms with Gasteiger partial charge in [-0.2, -0.15) is 4.52 Å². The van der Waals surface area contributed by atoms with Gasteiger partial charge in [0, 0.05) is 4.88 Å². The molecule has 0 fully saturated rings. The van der Waals surface area contributed by atoms with Crippen LogP contribution in [0.5, 0.6) is 0 Å². The molecule has 28 heavy (non-hydrogen) atoms. The van der Waals surface area contributed by atoms with E-state index in [0.29, 0.717) is 18.2 Å². The van der Waals surface area contributed by atoms with Crippen molar-refractivity contribution in [1.82, 2.24) is 24.6 Å². The van der Waals surface area contributed by atoms with Crippen LogP contribution in [0.3, 0.4) is 0 Å². The van der Waals surface area contributed by atoms with Gasteiger partial charge in [-0.1, -0.05) is 56.2 Å². The Morgan fingerprint density at radius 3 is 2.75 bits per heavy atom. The lowest BCUT2D eigenvalue weighted by Gasteiger charge is -2.33. The van der Waals surface area contributed by atoms with Crippen LogP contribution in [0.4, 0.5) is 0 Å². The number of benzene rings is 1.